The van der Waals surface area contributed by atoms with Gasteiger partial charge in [0.25, 0.3) is 0 Å². The van der Waals surface area contributed by atoms with Crippen molar-refractivity contribution in [1.29, 1.82) is 0 Å². The smallest absolute Gasteiger partial charge is 0.310 e. The number of nitrogens with zero attached hydrogens (tertiary/aromatic N) is 1. The van der Waals surface area contributed by atoms with E-state index in [1.165, 1.54) is 18.2 Å². The summed E-state index contributed by atoms with van der Waals surface area (Å²) in [7, 11) is 1.45. The van der Waals surface area contributed by atoms with Crippen LogP contribution in [0.25, 0.3) is 0 Å². The Kier molecular flexibility index (Phi) is 6.07. The molecule has 0 spiro atoms. The molecule has 1 fully saturated rings. The van der Waals surface area contributed by atoms with E-state index in [-0.39, 0.29) is 11.9 Å². The fourth-order valence-corrected chi connectivity index (χ4v) is 3.22. The topological polar surface area (TPSA) is 38.8 Å². The second-order valence-electron chi connectivity index (χ2n) is 6.46. The van der Waals surface area contributed by atoms with Crippen LogP contribution in [0.15, 0.2) is 54.6 Å². The molecule has 1 unspecified atom stereocenters. The van der Waals surface area contributed by atoms with Gasteiger partial charge in [-0.1, -0.05) is 42.5 Å². The molecular weight excluding hydrogens is 314 g/mol. The van der Waals surface area contributed by atoms with Crippen LogP contribution >= 0.6 is 0 Å². The molecule has 2 aromatic carbocycles. The molecule has 1 aliphatic rings. The van der Waals surface area contributed by atoms with E-state index in [4.69, 9.17) is 9.47 Å². The number of methoxy groups -OCH3 is 1. The van der Waals surface area contributed by atoms with Crippen molar-refractivity contribution in [2.75, 3.05) is 33.4 Å². The molecule has 25 heavy (non-hydrogen) atoms. The van der Waals surface area contributed by atoms with Gasteiger partial charge in [-0.2, -0.15) is 0 Å². The Labute approximate surface area is 149 Å². The molecule has 0 aromatic heterocycles. The van der Waals surface area contributed by atoms with Crippen molar-refractivity contribution in [2.45, 2.75) is 12.8 Å². The number of carbonyl (C=O) groups is 1. The zero-order valence-electron chi connectivity index (χ0n) is 14.7. The molecule has 1 atom stereocenters. The first-order valence-corrected chi connectivity index (χ1v) is 8.80. The maximum absolute atomic E-state index is 11.5. The largest absolute Gasteiger partial charge is 0.492 e. The lowest BCUT2D eigenvalue weighted by atomic mass is 10.1. The number of benzene rings is 2. The second kappa shape index (κ2) is 8.67. The van der Waals surface area contributed by atoms with Crippen molar-refractivity contribution in [2.24, 2.45) is 5.92 Å². The second-order valence-corrected chi connectivity index (χ2v) is 6.46. The normalized spacial score (nSPS) is 17.4. The molecule has 0 bridgehead atoms. The summed E-state index contributed by atoms with van der Waals surface area (Å²) in [6, 6.07) is 18.7. The Morgan fingerprint density at radius 2 is 1.80 bits per heavy atom. The first kappa shape index (κ1) is 17.5. The van der Waals surface area contributed by atoms with Crippen LogP contribution in [-0.4, -0.2) is 44.2 Å². The predicted octanol–water partition coefficient (Wildman–Crippen LogP) is 3.15. The molecule has 0 amide bonds. The molecule has 1 heterocycles. The van der Waals surface area contributed by atoms with Gasteiger partial charge in [-0.25, -0.2) is 0 Å². The van der Waals surface area contributed by atoms with Crippen LogP contribution in [-0.2, 0) is 16.0 Å². The van der Waals surface area contributed by atoms with Crippen LogP contribution in [0.2, 0.25) is 0 Å². The number of rotatable bonds is 7. The Morgan fingerprint density at radius 1 is 1.08 bits per heavy atom. The van der Waals surface area contributed by atoms with E-state index in [2.05, 4.69) is 41.3 Å². The van der Waals surface area contributed by atoms with Gasteiger partial charge < -0.3 is 9.47 Å². The van der Waals surface area contributed by atoms with Gasteiger partial charge in [0.15, 0.2) is 0 Å². The van der Waals surface area contributed by atoms with Crippen LogP contribution < -0.4 is 4.74 Å². The Hall–Kier alpha value is -2.33. The number of carbonyl (C=O) groups excluding carboxylic acids is 1. The van der Waals surface area contributed by atoms with Gasteiger partial charge >= 0.3 is 5.97 Å². The molecule has 1 saturated heterocycles. The fraction of sp³-hybridized carbons (Fsp3) is 0.381. The van der Waals surface area contributed by atoms with Crippen LogP contribution in [0.3, 0.4) is 0 Å². The number of hydrogen-bond donors (Lipinski definition) is 0. The summed E-state index contributed by atoms with van der Waals surface area (Å²) in [5, 5.41) is 0. The van der Waals surface area contributed by atoms with Gasteiger partial charge in [0.1, 0.15) is 12.4 Å². The van der Waals surface area contributed by atoms with E-state index < -0.39 is 0 Å². The van der Waals surface area contributed by atoms with Crippen molar-refractivity contribution in [1.82, 2.24) is 4.90 Å². The minimum atomic E-state index is -0.0996. The zero-order chi connectivity index (χ0) is 17.5. The number of esters is 1. The van der Waals surface area contributed by atoms with E-state index in [9.17, 15) is 4.79 Å². The fourth-order valence-electron chi connectivity index (χ4n) is 3.22. The highest BCUT2D eigenvalue weighted by molar-refractivity contribution is 5.72. The van der Waals surface area contributed by atoms with Gasteiger partial charge in [-0.05, 0) is 42.6 Å². The minimum absolute atomic E-state index is 0.0160. The number of ether oxygens (including phenoxy) is 2. The zero-order valence-corrected chi connectivity index (χ0v) is 14.7. The van der Waals surface area contributed by atoms with E-state index >= 15 is 0 Å². The number of likely N-dealkylation sites (tertiary alicyclic amines) is 1. The molecule has 0 aliphatic carbocycles. The third kappa shape index (κ3) is 5.07. The maximum atomic E-state index is 11.5. The molecule has 0 N–H and O–H groups in total. The van der Waals surface area contributed by atoms with Crippen LogP contribution in [0.1, 0.15) is 17.5 Å². The van der Waals surface area contributed by atoms with Crippen LogP contribution in [0.4, 0.5) is 0 Å². The first-order valence-electron chi connectivity index (χ1n) is 8.80. The highest BCUT2D eigenvalue weighted by atomic mass is 16.5. The summed E-state index contributed by atoms with van der Waals surface area (Å²) >= 11 is 0. The molecule has 3 rings (SSSR count). The van der Waals surface area contributed by atoms with Gasteiger partial charge in [-0.3, -0.25) is 9.69 Å². The standard InChI is InChI=1S/C21H25NO3/c1-24-21(23)19-11-12-22(16-19)13-14-25-20-9-7-18(8-10-20)15-17-5-3-2-4-6-17/h2-10,19H,11-16H2,1H3. The Bertz CT molecular complexity index is 669. The van der Waals surface area contributed by atoms with Gasteiger partial charge in [0, 0.05) is 13.1 Å². The molecule has 0 saturated carbocycles. The molecule has 4 nitrogen and oxygen atoms in total. The van der Waals surface area contributed by atoms with Crippen molar-refractivity contribution < 1.29 is 14.3 Å². The lowest BCUT2D eigenvalue weighted by Crippen LogP contribution is -2.28. The summed E-state index contributed by atoms with van der Waals surface area (Å²) in [5.41, 5.74) is 2.59. The molecule has 2 aromatic rings. The lowest BCUT2D eigenvalue weighted by molar-refractivity contribution is -0.144. The lowest BCUT2D eigenvalue weighted by Gasteiger charge is -2.16. The highest BCUT2D eigenvalue weighted by Crippen LogP contribution is 2.18. The van der Waals surface area contributed by atoms with Crippen LogP contribution in [0, 0.1) is 5.92 Å². The third-order valence-electron chi connectivity index (χ3n) is 4.66. The number of hydrogen-bond acceptors (Lipinski definition) is 4. The molecule has 4 heteroatoms. The van der Waals surface area contributed by atoms with Crippen molar-refractivity contribution in [3.05, 3.63) is 65.7 Å². The summed E-state index contributed by atoms with van der Waals surface area (Å²) in [4.78, 5) is 13.8. The first-order chi connectivity index (χ1) is 12.2. The van der Waals surface area contributed by atoms with E-state index in [0.29, 0.717) is 6.61 Å². The van der Waals surface area contributed by atoms with Crippen molar-refractivity contribution in [3.8, 4) is 5.75 Å². The summed E-state index contributed by atoms with van der Waals surface area (Å²) in [5.74, 6) is 0.806. The van der Waals surface area contributed by atoms with Gasteiger partial charge in [0.2, 0.25) is 0 Å². The van der Waals surface area contributed by atoms with Crippen molar-refractivity contribution >= 4 is 5.97 Å². The molecule has 1 aliphatic heterocycles. The Balaban J connectivity index is 1.41. The third-order valence-corrected chi connectivity index (χ3v) is 4.66. The van der Waals surface area contributed by atoms with E-state index in [1.54, 1.807) is 0 Å². The maximum Gasteiger partial charge on any atom is 0.310 e. The average Bonchev–Trinajstić information content (AvgIpc) is 3.12. The predicted molar refractivity (Wildman–Crippen MR) is 97.7 cm³/mol. The molecule has 132 valence electrons. The summed E-state index contributed by atoms with van der Waals surface area (Å²) in [6.45, 7) is 3.16. The summed E-state index contributed by atoms with van der Waals surface area (Å²) in [6.07, 6.45) is 1.81. The van der Waals surface area contributed by atoms with E-state index in [1.807, 2.05) is 18.2 Å². The van der Waals surface area contributed by atoms with E-state index in [0.717, 1.165) is 38.2 Å². The quantitative estimate of drug-likeness (QED) is 0.727. The Morgan fingerprint density at radius 3 is 2.52 bits per heavy atom. The average molecular weight is 339 g/mol. The molecular formula is C21H25NO3. The van der Waals surface area contributed by atoms with Crippen LogP contribution in [0.5, 0.6) is 5.75 Å². The summed E-state index contributed by atoms with van der Waals surface area (Å²) < 4.78 is 10.7. The highest BCUT2D eigenvalue weighted by Gasteiger charge is 2.28. The van der Waals surface area contributed by atoms with Gasteiger partial charge in [0.05, 0.1) is 13.0 Å². The minimum Gasteiger partial charge on any atom is -0.492 e. The monoisotopic (exact) mass is 339 g/mol. The SMILES string of the molecule is COC(=O)C1CCN(CCOc2ccc(Cc3ccccc3)cc2)C1. The van der Waals surface area contributed by atoms with Crippen molar-refractivity contribution in [3.63, 3.8) is 0 Å². The molecule has 0 radical (unpaired) electrons. The van der Waals surface area contributed by atoms with Gasteiger partial charge in [-0.15, -0.1) is 0 Å².